The molecule has 1 aromatic carbocycles. The van der Waals surface area contributed by atoms with Gasteiger partial charge in [0.2, 0.25) is 5.91 Å². The summed E-state index contributed by atoms with van der Waals surface area (Å²) in [4.78, 5) is 22.5. The Morgan fingerprint density at radius 3 is 2.52 bits per heavy atom. The summed E-state index contributed by atoms with van der Waals surface area (Å²) in [5, 5.41) is 11.6. The van der Waals surface area contributed by atoms with Gasteiger partial charge in [-0.05, 0) is 43.5 Å². The fraction of sp³-hybridized carbons (Fsp3) is 0.467. The van der Waals surface area contributed by atoms with Crippen LogP contribution in [0.2, 0.25) is 0 Å². The molecule has 0 atom stereocenters. The average Bonchev–Trinajstić information content (AvgIpc) is 3.24. The molecule has 0 saturated heterocycles. The van der Waals surface area contributed by atoms with Crippen molar-refractivity contribution in [2.24, 2.45) is 5.41 Å². The van der Waals surface area contributed by atoms with Crippen molar-refractivity contribution in [3.8, 4) is 5.75 Å². The molecule has 0 bridgehead atoms. The molecule has 114 valence electrons. The summed E-state index contributed by atoms with van der Waals surface area (Å²) < 4.78 is 18.0. The highest BCUT2D eigenvalue weighted by Crippen LogP contribution is 2.45. The maximum absolute atomic E-state index is 12.7. The van der Waals surface area contributed by atoms with Crippen LogP contribution in [0.3, 0.4) is 0 Å². The van der Waals surface area contributed by atoms with E-state index in [1.807, 2.05) is 0 Å². The van der Waals surface area contributed by atoms with Gasteiger partial charge in [0, 0.05) is 13.0 Å². The van der Waals surface area contributed by atoms with Gasteiger partial charge in [0.1, 0.15) is 11.6 Å². The van der Waals surface area contributed by atoms with Gasteiger partial charge in [-0.15, -0.1) is 0 Å². The summed E-state index contributed by atoms with van der Waals surface area (Å²) in [5.41, 5.74) is -0.736. The maximum atomic E-state index is 12.7. The van der Waals surface area contributed by atoms with E-state index in [1.165, 1.54) is 24.3 Å². The molecule has 1 amide bonds. The van der Waals surface area contributed by atoms with E-state index in [0.29, 0.717) is 31.6 Å². The molecule has 1 aliphatic rings. The number of benzene rings is 1. The molecule has 0 aliphatic heterocycles. The summed E-state index contributed by atoms with van der Waals surface area (Å²) in [5.74, 6) is -0.790. The molecule has 0 aromatic heterocycles. The first kappa shape index (κ1) is 15.3. The minimum absolute atomic E-state index is 0.176. The van der Waals surface area contributed by atoms with Crippen molar-refractivity contribution >= 4 is 11.9 Å². The number of hydrogen-bond acceptors (Lipinski definition) is 3. The molecular weight excluding hydrogens is 277 g/mol. The number of aliphatic carboxylic acids is 1. The number of ether oxygens (including phenoxy) is 1. The lowest BCUT2D eigenvalue weighted by Gasteiger charge is -2.11. The largest absolute Gasteiger partial charge is 0.494 e. The Hall–Kier alpha value is -2.11. The van der Waals surface area contributed by atoms with Gasteiger partial charge in [-0.25, -0.2) is 4.39 Å². The topological polar surface area (TPSA) is 75.6 Å². The fourth-order valence-electron chi connectivity index (χ4n) is 1.93. The van der Waals surface area contributed by atoms with Crippen molar-refractivity contribution in [1.29, 1.82) is 0 Å². The molecule has 21 heavy (non-hydrogen) atoms. The van der Waals surface area contributed by atoms with Crippen LogP contribution in [-0.2, 0) is 9.59 Å². The summed E-state index contributed by atoms with van der Waals surface area (Å²) in [6.07, 6.45) is 2.03. The monoisotopic (exact) mass is 295 g/mol. The number of carboxylic acids is 1. The highest BCUT2D eigenvalue weighted by molar-refractivity contribution is 5.80. The lowest BCUT2D eigenvalue weighted by molar-refractivity contribution is -0.143. The Kier molecular flexibility index (Phi) is 4.77. The van der Waals surface area contributed by atoms with E-state index in [2.05, 4.69) is 5.32 Å². The number of nitrogens with one attached hydrogen (secondary N) is 1. The zero-order valence-corrected chi connectivity index (χ0v) is 11.6. The molecular formula is C15H18FNO4. The Morgan fingerprint density at radius 2 is 1.95 bits per heavy atom. The van der Waals surface area contributed by atoms with Crippen LogP contribution in [0, 0.1) is 11.2 Å². The molecule has 1 saturated carbocycles. The standard InChI is InChI=1S/C15H18FNO4/c16-11-3-5-12(6-4-11)21-9-1-2-13(18)17-10-15(7-8-15)14(19)20/h3-6H,1-2,7-10H2,(H,17,18)(H,19,20). The minimum Gasteiger partial charge on any atom is -0.494 e. The van der Waals surface area contributed by atoms with Crippen molar-refractivity contribution in [2.75, 3.05) is 13.2 Å². The molecule has 0 unspecified atom stereocenters. The van der Waals surface area contributed by atoms with Crippen LogP contribution >= 0.6 is 0 Å². The third-order valence-corrected chi connectivity index (χ3v) is 3.56. The van der Waals surface area contributed by atoms with Crippen molar-refractivity contribution in [1.82, 2.24) is 5.32 Å². The molecule has 1 fully saturated rings. The van der Waals surface area contributed by atoms with E-state index in [9.17, 15) is 14.0 Å². The third-order valence-electron chi connectivity index (χ3n) is 3.56. The first-order valence-electron chi connectivity index (χ1n) is 6.90. The van der Waals surface area contributed by atoms with Crippen LogP contribution in [0.5, 0.6) is 5.75 Å². The van der Waals surface area contributed by atoms with Crippen molar-refractivity contribution in [2.45, 2.75) is 25.7 Å². The van der Waals surface area contributed by atoms with Gasteiger partial charge in [-0.2, -0.15) is 0 Å². The molecule has 0 spiro atoms. The SMILES string of the molecule is O=C(CCCOc1ccc(F)cc1)NCC1(C(=O)O)CC1. The summed E-state index contributed by atoms with van der Waals surface area (Å²) in [6.45, 7) is 0.545. The maximum Gasteiger partial charge on any atom is 0.311 e. The van der Waals surface area contributed by atoms with Gasteiger partial charge in [-0.1, -0.05) is 0 Å². The highest BCUT2D eigenvalue weighted by atomic mass is 19.1. The fourth-order valence-corrected chi connectivity index (χ4v) is 1.93. The molecule has 1 aliphatic carbocycles. The van der Waals surface area contributed by atoms with Crippen LogP contribution in [0.15, 0.2) is 24.3 Å². The zero-order chi connectivity index (χ0) is 15.3. The third kappa shape index (κ3) is 4.44. The number of halogens is 1. The second-order valence-corrected chi connectivity index (χ2v) is 5.27. The zero-order valence-electron chi connectivity index (χ0n) is 11.6. The highest BCUT2D eigenvalue weighted by Gasteiger charge is 2.50. The van der Waals surface area contributed by atoms with Crippen LogP contribution in [0.25, 0.3) is 0 Å². The Bertz CT molecular complexity index is 511. The van der Waals surface area contributed by atoms with E-state index in [-0.39, 0.29) is 24.7 Å². The van der Waals surface area contributed by atoms with Crippen molar-refractivity contribution < 1.29 is 23.8 Å². The molecule has 0 radical (unpaired) electrons. The predicted octanol–water partition coefficient (Wildman–Crippen LogP) is 1.97. The van der Waals surface area contributed by atoms with Gasteiger partial charge in [0.25, 0.3) is 0 Å². The summed E-state index contributed by atoms with van der Waals surface area (Å²) in [7, 11) is 0. The number of rotatable bonds is 8. The van der Waals surface area contributed by atoms with Gasteiger partial charge in [0.05, 0.1) is 12.0 Å². The van der Waals surface area contributed by atoms with E-state index in [0.717, 1.165) is 0 Å². The Morgan fingerprint density at radius 1 is 1.29 bits per heavy atom. The molecule has 1 aromatic rings. The second-order valence-electron chi connectivity index (χ2n) is 5.27. The van der Waals surface area contributed by atoms with Crippen LogP contribution in [0.1, 0.15) is 25.7 Å². The number of hydrogen-bond donors (Lipinski definition) is 2. The molecule has 2 rings (SSSR count). The summed E-state index contributed by atoms with van der Waals surface area (Å²) in [6, 6.07) is 5.67. The number of carbonyl (C=O) groups excluding carboxylic acids is 1. The quantitative estimate of drug-likeness (QED) is 0.719. The Labute approximate surface area is 122 Å². The summed E-state index contributed by atoms with van der Waals surface area (Å²) >= 11 is 0. The van der Waals surface area contributed by atoms with Crippen LogP contribution in [-0.4, -0.2) is 30.1 Å². The average molecular weight is 295 g/mol. The Balaban J connectivity index is 1.59. The van der Waals surface area contributed by atoms with Crippen LogP contribution in [0.4, 0.5) is 4.39 Å². The van der Waals surface area contributed by atoms with Gasteiger partial charge in [-0.3, -0.25) is 9.59 Å². The first-order chi connectivity index (χ1) is 10.0. The van der Waals surface area contributed by atoms with Crippen LogP contribution < -0.4 is 10.1 Å². The molecule has 2 N–H and O–H groups in total. The minimum atomic E-state index is -0.845. The number of carboxylic acid groups (broad SMARTS) is 1. The lowest BCUT2D eigenvalue weighted by atomic mass is 10.1. The van der Waals surface area contributed by atoms with Crippen molar-refractivity contribution in [3.05, 3.63) is 30.1 Å². The van der Waals surface area contributed by atoms with Gasteiger partial charge in [0.15, 0.2) is 0 Å². The lowest BCUT2D eigenvalue weighted by Crippen LogP contribution is -2.34. The number of amides is 1. The second kappa shape index (κ2) is 6.56. The smallest absolute Gasteiger partial charge is 0.311 e. The first-order valence-corrected chi connectivity index (χ1v) is 6.90. The normalized spacial score (nSPS) is 15.3. The van der Waals surface area contributed by atoms with Crippen molar-refractivity contribution in [3.63, 3.8) is 0 Å². The van der Waals surface area contributed by atoms with E-state index in [4.69, 9.17) is 9.84 Å². The molecule has 5 nitrogen and oxygen atoms in total. The number of carbonyl (C=O) groups is 2. The van der Waals surface area contributed by atoms with E-state index >= 15 is 0 Å². The van der Waals surface area contributed by atoms with E-state index < -0.39 is 11.4 Å². The molecule has 6 heteroatoms. The van der Waals surface area contributed by atoms with Gasteiger partial charge >= 0.3 is 5.97 Å². The van der Waals surface area contributed by atoms with E-state index in [1.54, 1.807) is 0 Å². The molecule has 0 heterocycles. The van der Waals surface area contributed by atoms with Gasteiger partial charge < -0.3 is 15.2 Å². The predicted molar refractivity (Wildman–Crippen MR) is 73.4 cm³/mol.